The van der Waals surface area contributed by atoms with Crippen molar-refractivity contribution in [2.45, 2.75) is 33.1 Å². The van der Waals surface area contributed by atoms with Crippen molar-refractivity contribution in [3.05, 3.63) is 41.2 Å². The lowest BCUT2D eigenvalue weighted by Crippen LogP contribution is -2.30. The Morgan fingerprint density at radius 3 is 2.76 bits per heavy atom. The van der Waals surface area contributed by atoms with Crippen LogP contribution in [0.5, 0.6) is 0 Å². The molecule has 1 aromatic heterocycles. The highest BCUT2D eigenvalue weighted by Gasteiger charge is 2.10. The van der Waals surface area contributed by atoms with Gasteiger partial charge in [-0.3, -0.25) is 4.79 Å². The molecule has 134 valence electrons. The second-order valence-corrected chi connectivity index (χ2v) is 5.73. The van der Waals surface area contributed by atoms with E-state index in [1.165, 1.54) is 0 Å². The van der Waals surface area contributed by atoms with E-state index in [2.05, 4.69) is 38.3 Å². The molecule has 0 aliphatic rings. The number of benzene rings is 1. The third-order valence-corrected chi connectivity index (χ3v) is 3.70. The predicted molar refractivity (Wildman–Crippen MR) is 95.5 cm³/mol. The average Bonchev–Trinajstić information content (AvgIpc) is 3.10. The van der Waals surface area contributed by atoms with E-state index in [1.54, 1.807) is 18.3 Å². The van der Waals surface area contributed by atoms with Crippen molar-refractivity contribution < 1.29 is 9.59 Å². The summed E-state index contributed by atoms with van der Waals surface area (Å²) < 4.78 is 0. The zero-order valence-corrected chi connectivity index (χ0v) is 14.6. The van der Waals surface area contributed by atoms with Gasteiger partial charge in [0, 0.05) is 30.8 Å². The first-order valence-corrected chi connectivity index (χ1v) is 8.38. The van der Waals surface area contributed by atoms with Gasteiger partial charge < -0.3 is 16.0 Å². The fraction of sp³-hybridized carbons (Fsp3) is 0.412. The Bertz CT molecular complexity index is 699. The molecule has 0 aliphatic carbocycles. The number of hydrogen-bond donors (Lipinski definition) is 4. The van der Waals surface area contributed by atoms with Gasteiger partial charge in [-0.05, 0) is 31.0 Å². The maximum absolute atomic E-state index is 12.3. The van der Waals surface area contributed by atoms with Gasteiger partial charge in [0.25, 0.3) is 5.91 Å². The number of hydrogen-bond acceptors (Lipinski definition) is 4. The maximum atomic E-state index is 12.3. The van der Waals surface area contributed by atoms with Gasteiger partial charge in [-0.25, -0.2) is 4.79 Å². The smallest absolute Gasteiger partial charge is 0.319 e. The lowest BCUT2D eigenvalue weighted by Gasteiger charge is -2.11. The van der Waals surface area contributed by atoms with Crippen molar-refractivity contribution >= 4 is 17.6 Å². The molecule has 0 radical (unpaired) electrons. The van der Waals surface area contributed by atoms with Gasteiger partial charge in [0.15, 0.2) is 0 Å². The van der Waals surface area contributed by atoms with Crippen molar-refractivity contribution in [1.29, 1.82) is 0 Å². The molecule has 0 saturated heterocycles. The van der Waals surface area contributed by atoms with Crippen LogP contribution < -0.4 is 16.0 Å². The normalized spacial score (nSPS) is 10.3. The molecule has 1 heterocycles. The number of anilines is 1. The highest BCUT2D eigenvalue weighted by molar-refractivity contribution is 5.97. The number of rotatable bonds is 8. The number of H-pyrrole nitrogens is 1. The largest absolute Gasteiger partial charge is 0.352 e. The number of aryl methyl sites for hydroxylation is 1. The summed E-state index contributed by atoms with van der Waals surface area (Å²) in [5.74, 6) is -0.196. The van der Waals surface area contributed by atoms with Crippen molar-refractivity contribution in [1.82, 2.24) is 26.0 Å². The molecular weight excluding hydrogens is 320 g/mol. The van der Waals surface area contributed by atoms with E-state index < -0.39 is 0 Å². The molecule has 2 rings (SSSR count). The van der Waals surface area contributed by atoms with Crippen LogP contribution in [0.15, 0.2) is 24.4 Å². The second kappa shape index (κ2) is 9.41. The predicted octanol–water partition coefficient (Wildman–Crippen LogP) is 2.01. The zero-order chi connectivity index (χ0) is 18.1. The van der Waals surface area contributed by atoms with Crippen LogP contribution in [-0.2, 0) is 6.42 Å². The summed E-state index contributed by atoms with van der Waals surface area (Å²) >= 11 is 0. The Labute approximate surface area is 146 Å². The summed E-state index contributed by atoms with van der Waals surface area (Å²) in [7, 11) is 0. The lowest BCUT2D eigenvalue weighted by atomic mass is 10.1. The Kier molecular flexibility index (Phi) is 6.94. The monoisotopic (exact) mass is 344 g/mol. The minimum absolute atomic E-state index is 0.196. The number of aromatic nitrogens is 3. The topological polar surface area (TPSA) is 112 Å². The van der Waals surface area contributed by atoms with E-state index in [-0.39, 0.29) is 11.9 Å². The fourth-order valence-electron chi connectivity index (χ4n) is 2.20. The number of nitrogens with one attached hydrogen (secondary N) is 4. The number of carbonyl (C=O) groups is 2. The molecule has 0 fully saturated rings. The van der Waals surface area contributed by atoms with Gasteiger partial charge in [-0.1, -0.05) is 19.4 Å². The minimum Gasteiger partial charge on any atom is -0.352 e. The van der Waals surface area contributed by atoms with Gasteiger partial charge in [0.1, 0.15) is 0 Å². The standard InChI is InChI=1S/C17H24N6O2/c1-3-4-8-19-17(25)21-15-10-13(6-5-12(15)2)16(24)18-9-7-14-11-20-23-22-14/h5-6,10-11H,3-4,7-9H2,1-2H3,(H,18,24)(H2,19,21,25)(H,20,22,23). The molecule has 0 atom stereocenters. The number of carbonyl (C=O) groups excluding carboxylic acids is 2. The van der Waals surface area contributed by atoms with Crippen LogP contribution >= 0.6 is 0 Å². The van der Waals surface area contributed by atoms with Gasteiger partial charge in [0.05, 0.1) is 11.9 Å². The lowest BCUT2D eigenvalue weighted by molar-refractivity contribution is 0.0954. The summed E-state index contributed by atoms with van der Waals surface area (Å²) in [6.07, 6.45) is 4.17. The first-order valence-electron chi connectivity index (χ1n) is 8.38. The first-order chi connectivity index (χ1) is 12.1. The maximum Gasteiger partial charge on any atom is 0.319 e. The van der Waals surface area contributed by atoms with Crippen LogP contribution in [0.3, 0.4) is 0 Å². The third kappa shape index (κ3) is 5.91. The van der Waals surface area contributed by atoms with Gasteiger partial charge in [-0.15, -0.1) is 0 Å². The summed E-state index contributed by atoms with van der Waals surface area (Å²) in [6, 6.07) is 4.97. The quantitative estimate of drug-likeness (QED) is 0.549. The fourth-order valence-corrected chi connectivity index (χ4v) is 2.20. The van der Waals surface area contributed by atoms with Crippen molar-refractivity contribution in [2.75, 3.05) is 18.4 Å². The van der Waals surface area contributed by atoms with Crippen LogP contribution in [0.25, 0.3) is 0 Å². The molecule has 8 heteroatoms. The molecule has 0 spiro atoms. The highest BCUT2D eigenvalue weighted by atomic mass is 16.2. The molecule has 1 aromatic carbocycles. The number of unbranched alkanes of at least 4 members (excludes halogenated alkanes) is 1. The van der Waals surface area contributed by atoms with Gasteiger partial charge in [0.2, 0.25) is 0 Å². The van der Waals surface area contributed by atoms with Crippen molar-refractivity contribution in [3.63, 3.8) is 0 Å². The molecular formula is C17H24N6O2. The SMILES string of the molecule is CCCCNC(=O)Nc1cc(C(=O)NCCc2cn[nH]n2)ccc1C. The van der Waals surface area contributed by atoms with Crippen LogP contribution in [0.1, 0.15) is 41.4 Å². The van der Waals surface area contributed by atoms with E-state index in [4.69, 9.17) is 0 Å². The molecule has 0 unspecified atom stereocenters. The Hall–Kier alpha value is -2.90. The summed E-state index contributed by atoms with van der Waals surface area (Å²) in [4.78, 5) is 24.1. The van der Waals surface area contributed by atoms with Gasteiger partial charge in [-0.2, -0.15) is 15.4 Å². The zero-order valence-electron chi connectivity index (χ0n) is 14.6. The molecule has 2 aromatic rings. The number of urea groups is 1. The number of nitrogens with zero attached hydrogens (tertiary/aromatic N) is 2. The van der Waals surface area contributed by atoms with Gasteiger partial charge >= 0.3 is 6.03 Å². The minimum atomic E-state index is -0.264. The number of amides is 3. The molecule has 25 heavy (non-hydrogen) atoms. The molecule has 0 saturated carbocycles. The van der Waals surface area contributed by atoms with Crippen LogP contribution in [0.4, 0.5) is 10.5 Å². The molecule has 0 aliphatic heterocycles. The average molecular weight is 344 g/mol. The second-order valence-electron chi connectivity index (χ2n) is 5.73. The van der Waals surface area contributed by atoms with Crippen LogP contribution in [0.2, 0.25) is 0 Å². The van der Waals surface area contributed by atoms with Crippen molar-refractivity contribution in [3.8, 4) is 0 Å². The Balaban J connectivity index is 1.90. The van der Waals surface area contributed by atoms with E-state index in [0.717, 1.165) is 24.1 Å². The highest BCUT2D eigenvalue weighted by Crippen LogP contribution is 2.17. The summed E-state index contributed by atoms with van der Waals surface area (Å²) in [5.41, 5.74) is 2.80. The van der Waals surface area contributed by atoms with E-state index in [1.807, 2.05) is 13.0 Å². The molecule has 8 nitrogen and oxygen atoms in total. The third-order valence-electron chi connectivity index (χ3n) is 3.70. The summed E-state index contributed by atoms with van der Waals surface area (Å²) in [6.45, 7) is 5.03. The van der Waals surface area contributed by atoms with Crippen LogP contribution in [-0.4, -0.2) is 40.4 Å². The van der Waals surface area contributed by atoms with E-state index in [9.17, 15) is 9.59 Å². The first kappa shape index (κ1) is 18.4. The molecule has 3 amide bonds. The Morgan fingerprint density at radius 2 is 2.04 bits per heavy atom. The van der Waals surface area contributed by atoms with E-state index in [0.29, 0.717) is 30.8 Å². The Morgan fingerprint density at radius 1 is 1.20 bits per heavy atom. The summed E-state index contributed by atoms with van der Waals surface area (Å²) in [5, 5.41) is 18.6. The van der Waals surface area contributed by atoms with Crippen molar-refractivity contribution in [2.24, 2.45) is 0 Å². The van der Waals surface area contributed by atoms with Crippen LogP contribution in [0, 0.1) is 6.92 Å². The molecule has 4 N–H and O–H groups in total. The molecule has 0 bridgehead atoms. The number of aromatic amines is 1. The van der Waals surface area contributed by atoms with E-state index >= 15 is 0 Å².